The molecule has 0 unspecified atom stereocenters. The molecule has 0 atom stereocenters. The third-order valence-corrected chi connectivity index (χ3v) is 3.96. The number of rotatable bonds is 4. The molecule has 1 aromatic carbocycles. The Bertz CT molecular complexity index is 732. The predicted octanol–water partition coefficient (Wildman–Crippen LogP) is 2.68. The van der Waals surface area contributed by atoms with E-state index in [9.17, 15) is 13.6 Å². The van der Waals surface area contributed by atoms with Gasteiger partial charge in [0.1, 0.15) is 11.6 Å². The highest BCUT2D eigenvalue weighted by Crippen LogP contribution is 2.17. The largest absolute Gasteiger partial charge is 0.357 e. The second-order valence-corrected chi connectivity index (χ2v) is 5.69. The van der Waals surface area contributed by atoms with Gasteiger partial charge in [-0.05, 0) is 43.5 Å². The lowest BCUT2D eigenvalue weighted by molar-refractivity contribution is 0.0949. The summed E-state index contributed by atoms with van der Waals surface area (Å²) in [4.78, 5) is 22.8. The zero-order valence-electron chi connectivity index (χ0n) is 13.1. The van der Waals surface area contributed by atoms with E-state index in [0.717, 1.165) is 43.9 Å². The van der Waals surface area contributed by atoms with Crippen molar-refractivity contribution < 1.29 is 13.6 Å². The summed E-state index contributed by atoms with van der Waals surface area (Å²) in [6, 6.07) is 4.89. The summed E-state index contributed by atoms with van der Waals surface area (Å²) in [7, 11) is 0. The van der Waals surface area contributed by atoms with E-state index in [4.69, 9.17) is 0 Å². The average Bonchev–Trinajstić information content (AvgIpc) is 2.63. The first-order valence-corrected chi connectivity index (χ1v) is 7.93. The number of benzene rings is 1. The van der Waals surface area contributed by atoms with Crippen LogP contribution < -0.4 is 10.2 Å². The number of carbonyl (C=O) groups is 1. The minimum atomic E-state index is -1.05. The maximum absolute atomic E-state index is 13.2. The Hall–Kier alpha value is -2.57. The van der Waals surface area contributed by atoms with Crippen molar-refractivity contribution in [2.45, 2.75) is 25.8 Å². The molecular formula is C17H18F2N4O. The zero-order valence-corrected chi connectivity index (χ0v) is 13.1. The maximum Gasteiger partial charge on any atom is 0.251 e. The summed E-state index contributed by atoms with van der Waals surface area (Å²) < 4.78 is 26.1. The Balaban J connectivity index is 1.63. The van der Waals surface area contributed by atoms with Gasteiger partial charge in [0.15, 0.2) is 11.6 Å². The zero-order chi connectivity index (χ0) is 16.9. The molecule has 2 heterocycles. The van der Waals surface area contributed by atoms with Crippen molar-refractivity contribution in [3.8, 4) is 0 Å². The number of aromatic nitrogens is 2. The summed E-state index contributed by atoms with van der Waals surface area (Å²) in [6.07, 6.45) is 5.19. The molecule has 0 saturated carbocycles. The van der Waals surface area contributed by atoms with Crippen LogP contribution in [0.2, 0.25) is 0 Å². The van der Waals surface area contributed by atoms with Gasteiger partial charge in [0, 0.05) is 24.8 Å². The molecule has 0 aliphatic carbocycles. The van der Waals surface area contributed by atoms with E-state index in [0.29, 0.717) is 5.82 Å². The first-order chi connectivity index (χ1) is 11.6. The Kier molecular flexibility index (Phi) is 4.98. The predicted molar refractivity (Wildman–Crippen MR) is 85.6 cm³/mol. The normalized spacial score (nSPS) is 14.5. The molecule has 1 amide bonds. The molecular weight excluding hydrogens is 314 g/mol. The Morgan fingerprint density at radius 3 is 2.67 bits per heavy atom. The number of amides is 1. The molecule has 24 heavy (non-hydrogen) atoms. The van der Waals surface area contributed by atoms with Crippen LogP contribution in [0.25, 0.3) is 0 Å². The molecule has 5 nitrogen and oxygen atoms in total. The van der Waals surface area contributed by atoms with E-state index < -0.39 is 17.5 Å². The van der Waals surface area contributed by atoms with Gasteiger partial charge in [0.25, 0.3) is 5.91 Å². The summed E-state index contributed by atoms with van der Waals surface area (Å²) in [5, 5.41) is 2.62. The smallest absolute Gasteiger partial charge is 0.251 e. The highest BCUT2D eigenvalue weighted by atomic mass is 19.2. The molecule has 0 radical (unpaired) electrons. The van der Waals surface area contributed by atoms with Crippen LogP contribution in [0.5, 0.6) is 0 Å². The van der Waals surface area contributed by atoms with Gasteiger partial charge in [-0.25, -0.2) is 18.7 Å². The quantitative estimate of drug-likeness (QED) is 0.935. The molecule has 1 aliphatic heterocycles. The van der Waals surface area contributed by atoms with Crippen molar-refractivity contribution in [2.75, 3.05) is 18.0 Å². The second kappa shape index (κ2) is 7.33. The van der Waals surface area contributed by atoms with Crippen LogP contribution in [0.15, 0.2) is 30.5 Å². The molecule has 1 fully saturated rings. The Morgan fingerprint density at radius 2 is 1.92 bits per heavy atom. The molecule has 1 N–H and O–H groups in total. The number of hydrogen-bond acceptors (Lipinski definition) is 4. The SMILES string of the molecule is O=C(NCc1nccc(N2CCCCC2)n1)c1ccc(F)c(F)c1. The maximum atomic E-state index is 13.2. The molecule has 1 aromatic heterocycles. The summed E-state index contributed by atoms with van der Waals surface area (Å²) in [6.45, 7) is 2.06. The van der Waals surface area contributed by atoms with Gasteiger partial charge in [-0.2, -0.15) is 0 Å². The number of halogens is 2. The Labute approximate surface area is 138 Å². The first-order valence-electron chi connectivity index (χ1n) is 7.93. The molecule has 7 heteroatoms. The van der Waals surface area contributed by atoms with Crippen LogP contribution in [0.3, 0.4) is 0 Å². The van der Waals surface area contributed by atoms with Crippen LogP contribution in [0.4, 0.5) is 14.6 Å². The van der Waals surface area contributed by atoms with Gasteiger partial charge in [0.2, 0.25) is 0 Å². The van der Waals surface area contributed by atoms with E-state index >= 15 is 0 Å². The van der Waals surface area contributed by atoms with Crippen molar-refractivity contribution in [3.05, 3.63) is 53.5 Å². The van der Waals surface area contributed by atoms with E-state index in [-0.39, 0.29) is 12.1 Å². The van der Waals surface area contributed by atoms with E-state index in [1.165, 1.54) is 12.5 Å². The monoisotopic (exact) mass is 332 g/mol. The number of nitrogens with zero attached hydrogens (tertiary/aromatic N) is 3. The highest BCUT2D eigenvalue weighted by molar-refractivity contribution is 5.94. The van der Waals surface area contributed by atoms with Crippen molar-refractivity contribution in [1.29, 1.82) is 0 Å². The molecule has 126 valence electrons. The highest BCUT2D eigenvalue weighted by Gasteiger charge is 2.14. The van der Waals surface area contributed by atoms with Gasteiger partial charge in [-0.15, -0.1) is 0 Å². The number of anilines is 1. The Morgan fingerprint density at radius 1 is 1.12 bits per heavy atom. The van der Waals surface area contributed by atoms with Crippen molar-refractivity contribution in [2.24, 2.45) is 0 Å². The summed E-state index contributed by atoms with van der Waals surface area (Å²) >= 11 is 0. The average molecular weight is 332 g/mol. The fraction of sp³-hybridized carbons (Fsp3) is 0.353. The third kappa shape index (κ3) is 3.84. The van der Waals surface area contributed by atoms with Crippen LogP contribution >= 0.6 is 0 Å². The van der Waals surface area contributed by atoms with E-state index in [1.807, 2.05) is 6.07 Å². The molecule has 1 aliphatic rings. The van der Waals surface area contributed by atoms with Crippen LogP contribution in [-0.2, 0) is 6.54 Å². The molecule has 2 aromatic rings. The summed E-state index contributed by atoms with van der Waals surface area (Å²) in [5.41, 5.74) is 0.0566. The second-order valence-electron chi connectivity index (χ2n) is 5.69. The lowest BCUT2D eigenvalue weighted by Gasteiger charge is -2.27. The topological polar surface area (TPSA) is 58.1 Å². The number of piperidine rings is 1. The fourth-order valence-electron chi connectivity index (χ4n) is 2.67. The van der Waals surface area contributed by atoms with Crippen LogP contribution in [0.1, 0.15) is 35.4 Å². The van der Waals surface area contributed by atoms with Crippen molar-refractivity contribution in [1.82, 2.24) is 15.3 Å². The molecule has 0 spiro atoms. The van der Waals surface area contributed by atoms with Gasteiger partial charge < -0.3 is 10.2 Å². The number of carbonyl (C=O) groups excluding carboxylic acids is 1. The van der Waals surface area contributed by atoms with Crippen LogP contribution in [-0.4, -0.2) is 29.0 Å². The van der Waals surface area contributed by atoms with Gasteiger partial charge in [-0.3, -0.25) is 4.79 Å². The van der Waals surface area contributed by atoms with Gasteiger partial charge in [0.05, 0.1) is 6.54 Å². The minimum Gasteiger partial charge on any atom is -0.357 e. The molecule has 3 rings (SSSR count). The van der Waals surface area contributed by atoms with Gasteiger partial charge in [-0.1, -0.05) is 0 Å². The number of nitrogens with one attached hydrogen (secondary N) is 1. The lowest BCUT2D eigenvalue weighted by Crippen LogP contribution is -2.31. The molecule has 1 saturated heterocycles. The fourth-order valence-corrected chi connectivity index (χ4v) is 2.67. The van der Waals surface area contributed by atoms with Gasteiger partial charge >= 0.3 is 0 Å². The third-order valence-electron chi connectivity index (χ3n) is 3.96. The van der Waals surface area contributed by atoms with E-state index in [1.54, 1.807) is 6.20 Å². The summed E-state index contributed by atoms with van der Waals surface area (Å²) in [5.74, 6) is -1.20. The number of hydrogen-bond donors (Lipinski definition) is 1. The first kappa shape index (κ1) is 16.3. The van der Waals surface area contributed by atoms with Crippen molar-refractivity contribution >= 4 is 11.7 Å². The lowest BCUT2D eigenvalue weighted by atomic mass is 10.1. The molecule has 0 bridgehead atoms. The van der Waals surface area contributed by atoms with E-state index in [2.05, 4.69) is 20.2 Å². The van der Waals surface area contributed by atoms with Crippen LogP contribution in [0, 0.1) is 11.6 Å². The van der Waals surface area contributed by atoms with Crippen molar-refractivity contribution in [3.63, 3.8) is 0 Å². The standard InChI is InChI=1S/C17H18F2N4O/c18-13-5-4-12(10-14(13)19)17(24)21-11-15-20-7-6-16(22-15)23-8-2-1-3-9-23/h4-7,10H,1-3,8-9,11H2,(H,21,24). The minimum absolute atomic E-state index is 0.0566.